The summed E-state index contributed by atoms with van der Waals surface area (Å²) in [7, 11) is 0. The van der Waals surface area contributed by atoms with E-state index in [9.17, 15) is 4.79 Å². The molecule has 2 heterocycles. The summed E-state index contributed by atoms with van der Waals surface area (Å²) in [4.78, 5) is 18.0. The van der Waals surface area contributed by atoms with Gasteiger partial charge in [0.15, 0.2) is 0 Å². The summed E-state index contributed by atoms with van der Waals surface area (Å²) in [6.45, 7) is 7.94. The van der Waals surface area contributed by atoms with Gasteiger partial charge in [-0.15, -0.1) is 0 Å². The van der Waals surface area contributed by atoms with Crippen molar-refractivity contribution in [1.82, 2.24) is 25.0 Å². The quantitative estimate of drug-likeness (QED) is 0.820. The third-order valence-corrected chi connectivity index (χ3v) is 3.25. The first-order valence-electron chi connectivity index (χ1n) is 7.02. The summed E-state index contributed by atoms with van der Waals surface area (Å²) in [5.74, 6) is 1.61. The molecule has 0 aliphatic carbocycles. The van der Waals surface area contributed by atoms with Crippen LogP contribution in [0.5, 0.6) is 0 Å². The van der Waals surface area contributed by atoms with Gasteiger partial charge >= 0.3 is 0 Å². The Morgan fingerprint density at radius 2 is 2.16 bits per heavy atom. The molecule has 0 unspecified atom stereocenters. The molecule has 106 valence electrons. The fourth-order valence-corrected chi connectivity index (χ4v) is 2.28. The van der Waals surface area contributed by atoms with Crippen LogP contribution in [0, 0.1) is 5.92 Å². The number of nitrogens with zero attached hydrogens (tertiary/aromatic N) is 4. The molecule has 1 fully saturated rings. The predicted octanol–water partition coefficient (Wildman–Crippen LogP) is 0.646. The van der Waals surface area contributed by atoms with E-state index in [1.165, 1.54) is 0 Å². The Kier molecular flexibility index (Phi) is 4.90. The fourth-order valence-electron chi connectivity index (χ4n) is 2.28. The molecule has 1 aromatic rings. The van der Waals surface area contributed by atoms with E-state index in [1.54, 1.807) is 6.33 Å². The van der Waals surface area contributed by atoms with Gasteiger partial charge in [0.05, 0.1) is 13.1 Å². The number of aromatic nitrogens is 3. The van der Waals surface area contributed by atoms with Crippen molar-refractivity contribution >= 4 is 5.91 Å². The number of hydrogen-bond donors (Lipinski definition) is 1. The van der Waals surface area contributed by atoms with E-state index in [-0.39, 0.29) is 5.91 Å². The highest BCUT2D eigenvalue weighted by atomic mass is 16.2. The molecular weight excluding hydrogens is 242 g/mol. The molecule has 0 atom stereocenters. The lowest BCUT2D eigenvalue weighted by molar-refractivity contribution is -0.129. The van der Waals surface area contributed by atoms with Gasteiger partial charge in [-0.2, -0.15) is 5.10 Å². The molecule has 6 nitrogen and oxygen atoms in total. The van der Waals surface area contributed by atoms with Crippen molar-refractivity contribution in [3.8, 4) is 0 Å². The van der Waals surface area contributed by atoms with Gasteiger partial charge in [0.2, 0.25) is 5.91 Å². The lowest BCUT2D eigenvalue weighted by Crippen LogP contribution is -2.36. The summed E-state index contributed by atoms with van der Waals surface area (Å²) in [6, 6.07) is 0. The molecule has 2 rings (SSSR count). The van der Waals surface area contributed by atoms with Gasteiger partial charge < -0.3 is 10.2 Å². The molecule has 0 spiro atoms. The molecule has 0 aromatic carbocycles. The van der Waals surface area contributed by atoms with Gasteiger partial charge in [-0.05, 0) is 18.8 Å². The number of carbonyl (C=O) groups excluding carboxylic acids is 1. The van der Waals surface area contributed by atoms with Gasteiger partial charge in [-0.1, -0.05) is 13.8 Å². The van der Waals surface area contributed by atoms with Crippen molar-refractivity contribution in [3.05, 3.63) is 12.2 Å². The largest absolute Gasteiger partial charge is 0.342 e. The zero-order valence-corrected chi connectivity index (χ0v) is 11.8. The van der Waals surface area contributed by atoms with Crippen molar-refractivity contribution in [2.24, 2.45) is 5.92 Å². The minimum absolute atomic E-state index is 0.187. The molecular formula is C13H23N5O. The summed E-state index contributed by atoms with van der Waals surface area (Å²) < 4.78 is 1.90. The van der Waals surface area contributed by atoms with Crippen LogP contribution < -0.4 is 5.32 Å². The van der Waals surface area contributed by atoms with Crippen LogP contribution in [0.15, 0.2) is 6.33 Å². The van der Waals surface area contributed by atoms with E-state index in [2.05, 4.69) is 29.2 Å². The first-order valence-corrected chi connectivity index (χ1v) is 7.02. The van der Waals surface area contributed by atoms with Gasteiger partial charge in [0, 0.05) is 19.6 Å². The summed E-state index contributed by atoms with van der Waals surface area (Å²) in [5.41, 5.74) is 0. The molecule has 6 heteroatoms. The number of nitrogens with one attached hydrogen (secondary N) is 1. The van der Waals surface area contributed by atoms with E-state index < -0.39 is 0 Å². The van der Waals surface area contributed by atoms with Crippen LogP contribution in [0.25, 0.3) is 0 Å². The molecule has 1 aliphatic heterocycles. The zero-order chi connectivity index (χ0) is 13.7. The van der Waals surface area contributed by atoms with Crippen LogP contribution in [0.2, 0.25) is 0 Å². The average molecular weight is 265 g/mol. The molecule has 1 aromatic heterocycles. The van der Waals surface area contributed by atoms with E-state index in [4.69, 9.17) is 0 Å². The van der Waals surface area contributed by atoms with Crippen LogP contribution in [0.1, 0.15) is 32.5 Å². The highest BCUT2D eigenvalue weighted by Gasteiger charge is 2.17. The third-order valence-electron chi connectivity index (χ3n) is 3.25. The molecule has 19 heavy (non-hydrogen) atoms. The van der Waals surface area contributed by atoms with E-state index in [0.717, 1.165) is 38.3 Å². The third kappa shape index (κ3) is 4.02. The van der Waals surface area contributed by atoms with Crippen LogP contribution in [0.3, 0.4) is 0 Å². The Morgan fingerprint density at radius 1 is 1.42 bits per heavy atom. The monoisotopic (exact) mass is 265 g/mol. The van der Waals surface area contributed by atoms with Crippen molar-refractivity contribution in [3.63, 3.8) is 0 Å². The van der Waals surface area contributed by atoms with E-state index in [0.29, 0.717) is 19.0 Å². The first-order chi connectivity index (χ1) is 9.16. The first kappa shape index (κ1) is 14.0. The fraction of sp³-hybridized carbons (Fsp3) is 0.769. The molecule has 1 amide bonds. The van der Waals surface area contributed by atoms with Crippen molar-refractivity contribution < 1.29 is 4.79 Å². The highest BCUT2D eigenvalue weighted by molar-refractivity contribution is 5.78. The van der Waals surface area contributed by atoms with Gasteiger partial charge in [-0.3, -0.25) is 4.79 Å². The molecule has 0 saturated carbocycles. The summed E-state index contributed by atoms with van der Waals surface area (Å²) >= 11 is 0. The van der Waals surface area contributed by atoms with Gasteiger partial charge in [-0.25, -0.2) is 9.67 Å². The van der Waals surface area contributed by atoms with Crippen LogP contribution in [-0.4, -0.2) is 45.2 Å². The standard InChI is InChI=1S/C13H23N5O/c1-11(2)9-18-12(15-10-16-18)7-14-8-13(19)17-5-3-4-6-17/h10-11,14H,3-9H2,1-2H3. The normalized spacial score (nSPS) is 15.4. The van der Waals surface area contributed by atoms with E-state index in [1.807, 2.05) is 9.58 Å². The van der Waals surface area contributed by atoms with Crippen LogP contribution in [-0.2, 0) is 17.9 Å². The molecule has 0 radical (unpaired) electrons. The predicted molar refractivity (Wildman–Crippen MR) is 72.4 cm³/mol. The molecule has 1 aliphatic rings. The maximum atomic E-state index is 11.9. The number of hydrogen-bond acceptors (Lipinski definition) is 4. The Balaban J connectivity index is 1.76. The minimum atomic E-state index is 0.187. The van der Waals surface area contributed by atoms with Crippen molar-refractivity contribution in [1.29, 1.82) is 0 Å². The maximum absolute atomic E-state index is 11.9. The SMILES string of the molecule is CC(C)Cn1ncnc1CNCC(=O)N1CCCC1. The lowest BCUT2D eigenvalue weighted by Gasteiger charge is -2.15. The Bertz CT molecular complexity index is 409. The second-order valence-electron chi connectivity index (χ2n) is 5.44. The number of likely N-dealkylation sites (tertiary alicyclic amines) is 1. The highest BCUT2D eigenvalue weighted by Crippen LogP contribution is 2.07. The smallest absolute Gasteiger partial charge is 0.236 e. The van der Waals surface area contributed by atoms with Crippen molar-refractivity contribution in [2.75, 3.05) is 19.6 Å². The molecule has 1 saturated heterocycles. The van der Waals surface area contributed by atoms with Gasteiger partial charge in [0.25, 0.3) is 0 Å². The van der Waals surface area contributed by atoms with Gasteiger partial charge in [0.1, 0.15) is 12.2 Å². The lowest BCUT2D eigenvalue weighted by atomic mass is 10.2. The zero-order valence-electron chi connectivity index (χ0n) is 11.8. The maximum Gasteiger partial charge on any atom is 0.236 e. The summed E-state index contributed by atoms with van der Waals surface area (Å²) in [5, 5.41) is 7.37. The Hall–Kier alpha value is -1.43. The average Bonchev–Trinajstić information content (AvgIpc) is 3.00. The second kappa shape index (κ2) is 6.65. The molecule has 0 bridgehead atoms. The Morgan fingerprint density at radius 3 is 2.84 bits per heavy atom. The van der Waals surface area contributed by atoms with E-state index >= 15 is 0 Å². The second-order valence-corrected chi connectivity index (χ2v) is 5.44. The number of rotatable bonds is 6. The van der Waals surface area contributed by atoms with Crippen LogP contribution in [0.4, 0.5) is 0 Å². The number of amides is 1. The number of carbonyl (C=O) groups is 1. The molecule has 1 N–H and O–H groups in total. The van der Waals surface area contributed by atoms with Crippen molar-refractivity contribution in [2.45, 2.75) is 39.8 Å². The topological polar surface area (TPSA) is 63.1 Å². The van der Waals surface area contributed by atoms with Crippen LogP contribution >= 0.6 is 0 Å². The Labute approximate surface area is 114 Å². The minimum Gasteiger partial charge on any atom is -0.342 e. The summed E-state index contributed by atoms with van der Waals surface area (Å²) in [6.07, 6.45) is 3.84.